The van der Waals surface area contributed by atoms with E-state index in [0.29, 0.717) is 43.0 Å². The van der Waals surface area contributed by atoms with Crippen molar-refractivity contribution in [1.29, 1.82) is 0 Å². The van der Waals surface area contributed by atoms with Gasteiger partial charge in [-0.05, 0) is 55.8 Å². The normalized spacial score (nSPS) is 17.2. The second-order valence-electron chi connectivity index (χ2n) is 9.13. The van der Waals surface area contributed by atoms with Crippen molar-refractivity contribution >= 4 is 23.2 Å². The van der Waals surface area contributed by atoms with Crippen LogP contribution in [-0.2, 0) is 4.79 Å². The molecule has 8 heteroatoms. The number of methoxy groups -OCH3 is 2. The van der Waals surface area contributed by atoms with Crippen molar-refractivity contribution in [3.8, 4) is 11.5 Å². The van der Waals surface area contributed by atoms with E-state index in [0.717, 1.165) is 38.4 Å². The summed E-state index contributed by atoms with van der Waals surface area (Å²) < 4.78 is 10.6. The highest BCUT2D eigenvalue weighted by molar-refractivity contribution is 5.96. The molecule has 2 heterocycles. The first-order valence-corrected chi connectivity index (χ1v) is 12.4. The van der Waals surface area contributed by atoms with Gasteiger partial charge in [0.25, 0.3) is 5.91 Å². The summed E-state index contributed by atoms with van der Waals surface area (Å²) in [5.74, 6) is 0.994. The lowest BCUT2D eigenvalue weighted by atomic mass is 9.95. The summed E-state index contributed by atoms with van der Waals surface area (Å²) in [6, 6.07) is 13.3. The molecule has 0 aliphatic carbocycles. The summed E-state index contributed by atoms with van der Waals surface area (Å²) in [6.45, 7) is 8.61. The lowest BCUT2D eigenvalue weighted by Crippen LogP contribution is -2.46. The number of piperazine rings is 1. The Morgan fingerprint density at radius 2 is 1.49 bits per heavy atom. The summed E-state index contributed by atoms with van der Waals surface area (Å²) in [4.78, 5) is 32.5. The molecule has 8 nitrogen and oxygen atoms in total. The van der Waals surface area contributed by atoms with Crippen LogP contribution in [0.25, 0.3) is 0 Å². The van der Waals surface area contributed by atoms with E-state index in [-0.39, 0.29) is 17.7 Å². The van der Waals surface area contributed by atoms with Gasteiger partial charge >= 0.3 is 0 Å². The van der Waals surface area contributed by atoms with Gasteiger partial charge in [0.1, 0.15) is 11.5 Å². The molecule has 2 aromatic carbocycles. The predicted octanol–water partition coefficient (Wildman–Crippen LogP) is 3.34. The van der Waals surface area contributed by atoms with Crippen molar-refractivity contribution in [2.75, 3.05) is 70.2 Å². The van der Waals surface area contributed by atoms with Crippen LogP contribution in [0.15, 0.2) is 42.5 Å². The van der Waals surface area contributed by atoms with Crippen molar-refractivity contribution in [3.05, 3.63) is 48.0 Å². The highest BCUT2D eigenvalue weighted by atomic mass is 16.5. The van der Waals surface area contributed by atoms with Gasteiger partial charge in [-0.15, -0.1) is 0 Å². The van der Waals surface area contributed by atoms with E-state index in [2.05, 4.69) is 34.2 Å². The molecular weight excluding hydrogens is 444 g/mol. The smallest absolute Gasteiger partial charge is 0.254 e. The van der Waals surface area contributed by atoms with Gasteiger partial charge in [-0.3, -0.25) is 9.59 Å². The number of hydrogen-bond donors (Lipinski definition) is 1. The Hall–Kier alpha value is -3.26. The van der Waals surface area contributed by atoms with Crippen LogP contribution in [0.3, 0.4) is 0 Å². The zero-order chi connectivity index (χ0) is 24.8. The van der Waals surface area contributed by atoms with Gasteiger partial charge in [-0.25, -0.2) is 0 Å². The van der Waals surface area contributed by atoms with Gasteiger partial charge in [0.05, 0.1) is 14.2 Å². The second-order valence-corrected chi connectivity index (χ2v) is 9.13. The second kappa shape index (κ2) is 11.4. The Morgan fingerprint density at radius 3 is 2.03 bits per heavy atom. The summed E-state index contributed by atoms with van der Waals surface area (Å²) in [5, 5.41) is 3.06. The topological polar surface area (TPSA) is 74.4 Å². The zero-order valence-electron chi connectivity index (χ0n) is 21.0. The van der Waals surface area contributed by atoms with E-state index in [4.69, 9.17) is 9.47 Å². The zero-order valence-corrected chi connectivity index (χ0v) is 21.0. The predicted molar refractivity (Wildman–Crippen MR) is 138 cm³/mol. The Labute approximate surface area is 207 Å². The van der Waals surface area contributed by atoms with Gasteiger partial charge < -0.3 is 29.5 Å². The Balaban J connectivity index is 1.28. The molecule has 0 bridgehead atoms. The van der Waals surface area contributed by atoms with Crippen LogP contribution in [0.4, 0.5) is 11.4 Å². The fourth-order valence-corrected chi connectivity index (χ4v) is 4.78. The fourth-order valence-electron chi connectivity index (χ4n) is 4.78. The number of rotatable bonds is 7. The van der Waals surface area contributed by atoms with Gasteiger partial charge in [0, 0.05) is 68.2 Å². The molecule has 2 saturated heterocycles. The summed E-state index contributed by atoms with van der Waals surface area (Å²) in [7, 11) is 3.13. The SMILES string of the molecule is CCN1CCN(c2ccc(NC(=O)C3CCN(C(=O)c4cc(OC)cc(OC)c4)CC3)cc2)CC1. The lowest BCUT2D eigenvalue weighted by Gasteiger charge is -2.35. The third-order valence-electron chi connectivity index (χ3n) is 7.07. The molecule has 1 N–H and O–H groups in total. The molecule has 2 aromatic rings. The lowest BCUT2D eigenvalue weighted by molar-refractivity contribution is -0.121. The number of likely N-dealkylation sites (tertiary alicyclic amines) is 1. The summed E-state index contributed by atoms with van der Waals surface area (Å²) >= 11 is 0. The Morgan fingerprint density at radius 1 is 0.886 bits per heavy atom. The van der Waals surface area contributed by atoms with E-state index in [1.807, 2.05) is 12.1 Å². The van der Waals surface area contributed by atoms with Crippen LogP contribution in [0.5, 0.6) is 11.5 Å². The molecule has 2 amide bonds. The molecule has 0 spiro atoms. The number of ether oxygens (including phenoxy) is 2. The molecular formula is C27H36N4O4. The first kappa shape index (κ1) is 24.9. The molecule has 4 rings (SSSR count). The Bertz CT molecular complexity index is 988. The number of likely N-dealkylation sites (N-methyl/N-ethyl adjacent to an activating group) is 1. The average molecular weight is 481 g/mol. The third kappa shape index (κ3) is 6.06. The molecule has 0 radical (unpaired) electrons. The number of benzene rings is 2. The average Bonchev–Trinajstić information content (AvgIpc) is 2.92. The first-order chi connectivity index (χ1) is 17.0. The number of carbonyl (C=O) groups is 2. The van der Waals surface area contributed by atoms with E-state index >= 15 is 0 Å². The molecule has 0 atom stereocenters. The van der Waals surface area contributed by atoms with Crippen molar-refractivity contribution in [2.24, 2.45) is 5.92 Å². The van der Waals surface area contributed by atoms with Crippen LogP contribution in [-0.4, -0.2) is 81.6 Å². The largest absolute Gasteiger partial charge is 0.497 e. The van der Waals surface area contributed by atoms with Crippen LogP contribution in [0.1, 0.15) is 30.1 Å². The van der Waals surface area contributed by atoms with E-state index < -0.39 is 0 Å². The number of nitrogens with zero attached hydrogens (tertiary/aromatic N) is 3. The number of piperidine rings is 1. The summed E-state index contributed by atoms with van der Waals surface area (Å²) in [5.41, 5.74) is 2.54. The van der Waals surface area contributed by atoms with Crippen molar-refractivity contribution in [3.63, 3.8) is 0 Å². The monoisotopic (exact) mass is 480 g/mol. The minimum absolute atomic E-state index is 0.0180. The standard InChI is InChI=1S/C27H36N4O4/c1-4-29-13-15-30(16-14-29)23-7-5-22(6-8-23)28-26(32)20-9-11-31(12-10-20)27(33)21-17-24(34-2)19-25(18-21)35-3/h5-8,17-20H,4,9-16H2,1-3H3,(H,28,32). The van der Waals surface area contributed by atoms with Crippen LogP contribution in [0, 0.1) is 5.92 Å². The number of anilines is 2. The van der Waals surface area contributed by atoms with Crippen molar-refractivity contribution in [1.82, 2.24) is 9.80 Å². The molecule has 2 fully saturated rings. The minimum atomic E-state index is -0.110. The van der Waals surface area contributed by atoms with Crippen molar-refractivity contribution in [2.45, 2.75) is 19.8 Å². The maximum absolute atomic E-state index is 13.0. The molecule has 188 valence electrons. The number of amides is 2. The van der Waals surface area contributed by atoms with E-state index in [1.54, 1.807) is 37.3 Å². The van der Waals surface area contributed by atoms with Gasteiger partial charge in [-0.2, -0.15) is 0 Å². The third-order valence-corrected chi connectivity index (χ3v) is 7.07. The van der Waals surface area contributed by atoms with E-state index in [9.17, 15) is 9.59 Å². The molecule has 0 unspecified atom stereocenters. The number of hydrogen-bond acceptors (Lipinski definition) is 6. The van der Waals surface area contributed by atoms with Crippen LogP contribution in [0.2, 0.25) is 0 Å². The quantitative estimate of drug-likeness (QED) is 0.655. The maximum atomic E-state index is 13.0. The van der Waals surface area contributed by atoms with Gasteiger partial charge in [0.15, 0.2) is 0 Å². The van der Waals surface area contributed by atoms with Crippen LogP contribution < -0.4 is 19.7 Å². The number of nitrogens with one attached hydrogen (secondary N) is 1. The van der Waals surface area contributed by atoms with Crippen molar-refractivity contribution < 1.29 is 19.1 Å². The van der Waals surface area contributed by atoms with Gasteiger partial charge in [0.2, 0.25) is 5.91 Å². The van der Waals surface area contributed by atoms with E-state index in [1.165, 1.54) is 5.69 Å². The first-order valence-electron chi connectivity index (χ1n) is 12.4. The molecule has 0 aromatic heterocycles. The summed E-state index contributed by atoms with van der Waals surface area (Å²) in [6.07, 6.45) is 1.27. The molecule has 2 aliphatic heterocycles. The fraction of sp³-hybridized carbons (Fsp3) is 0.481. The highest BCUT2D eigenvalue weighted by Crippen LogP contribution is 2.26. The van der Waals surface area contributed by atoms with Gasteiger partial charge in [-0.1, -0.05) is 6.92 Å². The maximum Gasteiger partial charge on any atom is 0.254 e. The molecule has 2 aliphatic rings. The molecule has 0 saturated carbocycles. The van der Waals surface area contributed by atoms with Crippen LogP contribution >= 0.6 is 0 Å². The number of carbonyl (C=O) groups excluding carboxylic acids is 2. The Kier molecular flexibility index (Phi) is 8.13. The molecule has 35 heavy (non-hydrogen) atoms. The highest BCUT2D eigenvalue weighted by Gasteiger charge is 2.28. The minimum Gasteiger partial charge on any atom is -0.497 e.